The molecule has 0 spiro atoms. The molecule has 27 heavy (non-hydrogen) atoms. The van der Waals surface area contributed by atoms with E-state index in [1.54, 1.807) is 12.1 Å². The Morgan fingerprint density at radius 3 is 1.93 bits per heavy atom. The van der Waals surface area contributed by atoms with Crippen LogP contribution in [0.2, 0.25) is 0 Å². The maximum absolute atomic E-state index is 12.8. The Labute approximate surface area is 155 Å². The van der Waals surface area contributed by atoms with Gasteiger partial charge in [-0.3, -0.25) is 9.59 Å². The molecule has 0 aliphatic heterocycles. The normalized spacial score (nSPS) is 11.0. The highest BCUT2D eigenvalue weighted by Gasteiger charge is 2.20. The number of rotatable bonds is 8. The SMILES string of the molecule is O=C(CS(=O)(=O)CC(=O)Nc1ccc(F)cc1)NCCc1ccc(F)cc1. The van der Waals surface area contributed by atoms with Crippen molar-refractivity contribution < 1.29 is 26.8 Å². The first-order valence-corrected chi connectivity index (χ1v) is 9.83. The van der Waals surface area contributed by atoms with E-state index in [0.717, 1.165) is 17.7 Å². The zero-order valence-electron chi connectivity index (χ0n) is 14.2. The van der Waals surface area contributed by atoms with Crippen LogP contribution in [0.4, 0.5) is 14.5 Å². The van der Waals surface area contributed by atoms with Crippen molar-refractivity contribution in [1.29, 1.82) is 0 Å². The van der Waals surface area contributed by atoms with Crippen LogP contribution in [-0.4, -0.2) is 38.3 Å². The van der Waals surface area contributed by atoms with Crippen LogP contribution in [0.15, 0.2) is 48.5 Å². The van der Waals surface area contributed by atoms with Crippen LogP contribution in [0.5, 0.6) is 0 Å². The third kappa shape index (κ3) is 7.53. The second-order valence-corrected chi connectivity index (χ2v) is 7.88. The molecule has 0 radical (unpaired) electrons. The van der Waals surface area contributed by atoms with Gasteiger partial charge in [-0.15, -0.1) is 0 Å². The van der Waals surface area contributed by atoms with Crippen molar-refractivity contribution in [2.45, 2.75) is 6.42 Å². The van der Waals surface area contributed by atoms with Crippen LogP contribution >= 0.6 is 0 Å². The second kappa shape index (κ2) is 9.22. The quantitative estimate of drug-likeness (QED) is 0.710. The number of sulfone groups is 1. The highest BCUT2D eigenvalue weighted by atomic mass is 32.2. The zero-order chi connectivity index (χ0) is 19.9. The van der Waals surface area contributed by atoms with E-state index in [2.05, 4.69) is 10.6 Å². The number of carbonyl (C=O) groups is 2. The van der Waals surface area contributed by atoms with E-state index in [1.165, 1.54) is 24.3 Å². The van der Waals surface area contributed by atoms with Gasteiger partial charge in [0, 0.05) is 12.2 Å². The average Bonchev–Trinajstić information content (AvgIpc) is 2.57. The fraction of sp³-hybridized carbons (Fsp3) is 0.222. The van der Waals surface area contributed by atoms with E-state index >= 15 is 0 Å². The molecule has 2 amide bonds. The summed E-state index contributed by atoms with van der Waals surface area (Å²) < 4.78 is 49.5. The first-order valence-electron chi connectivity index (χ1n) is 8.00. The van der Waals surface area contributed by atoms with Crippen molar-refractivity contribution in [3.8, 4) is 0 Å². The van der Waals surface area contributed by atoms with Crippen molar-refractivity contribution >= 4 is 27.3 Å². The first-order chi connectivity index (χ1) is 12.7. The van der Waals surface area contributed by atoms with Gasteiger partial charge in [-0.2, -0.15) is 0 Å². The minimum absolute atomic E-state index is 0.182. The van der Waals surface area contributed by atoms with Crippen molar-refractivity contribution in [1.82, 2.24) is 5.32 Å². The average molecular weight is 396 g/mol. The lowest BCUT2D eigenvalue weighted by atomic mass is 10.1. The number of hydrogen-bond acceptors (Lipinski definition) is 4. The van der Waals surface area contributed by atoms with Gasteiger partial charge in [0.2, 0.25) is 11.8 Å². The summed E-state index contributed by atoms with van der Waals surface area (Å²) in [5.41, 5.74) is 1.04. The molecular formula is C18H18F2N2O4S. The minimum Gasteiger partial charge on any atom is -0.355 e. The van der Waals surface area contributed by atoms with Crippen LogP contribution in [0.25, 0.3) is 0 Å². The summed E-state index contributed by atoms with van der Waals surface area (Å²) in [4.78, 5) is 23.5. The van der Waals surface area contributed by atoms with Crippen molar-refractivity contribution in [3.63, 3.8) is 0 Å². The Morgan fingerprint density at radius 2 is 1.33 bits per heavy atom. The number of hydrogen-bond donors (Lipinski definition) is 2. The number of nitrogens with one attached hydrogen (secondary N) is 2. The highest BCUT2D eigenvalue weighted by Crippen LogP contribution is 2.08. The first kappa shape index (κ1) is 20.5. The van der Waals surface area contributed by atoms with Crippen molar-refractivity contribution in [2.75, 3.05) is 23.4 Å². The monoisotopic (exact) mass is 396 g/mol. The van der Waals surface area contributed by atoms with Crippen molar-refractivity contribution in [2.24, 2.45) is 0 Å². The van der Waals surface area contributed by atoms with Gasteiger partial charge in [-0.05, 0) is 48.4 Å². The lowest BCUT2D eigenvalue weighted by Gasteiger charge is -2.08. The molecule has 2 N–H and O–H groups in total. The van der Waals surface area contributed by atoms with Gasteiger partial charge in [0.05, 0.1) is 0 Å². The van der Waals surface area contributed by atoms with Crippen LogP contribution in [0.3, 0.4) is 0 Å². The number of carbonyl (C=O) groups excluding carboxylic acids is 2. The molecule has 0 saturated heterocycles. The van der Waals surface area contributed by atoms with E-state index in [4.69, 9.17) is 0 Å². The van der Waals surface area contributed by atoms with Crippen LogP contribution in [-0.2, 0) is 25.8 Å². The van der Waals surface area contributed by atoms with E-state index in [1.807, 2.05) is 0 Å². The lowest BCUT2D eigenvalue weighted by Crippen LogP contribution is -2.35. The molecule has 0 aliphatic carbocycles. The molecule has 0 unspecified atom stereocenters. The molecule has 2 aromatic carbocycles. The standard InChI is InChI=1S/C18H18F2N2O4S/c19-14-3-1-13(2-4-14)9-10-21-17(23)11-27(25,26)12-18(24)22-16-7-5-15(20)6-8-16/h1-8H,9-12H2,(H,21,23)(H,22,24). The molecule has 6 nitrogen and oxygen atoms in total. The lowest BCUT2D eigenvalue weighted by molar-refractivity contribution is -0.118. The Hall–Kier alpha value is -2.81. The van der Waals surface area contributed by atoms with Crippen LogP contribution < -0.4 is 10.6 Å². The molecular weight excluding hydrogens is 378 g/mol. The predicted molar refractivity (Wildman–Crippen MR) is 96.8 cm³/mol. The molecule has 0 saturated carbocycles. The molecule has 0 aromatic heterocycles. The molecule has 2 rings (SSSR count). The van der Waals surface area contributed by atoms with Gasteiger partial charge in [0.1, 0.15) is 23.1 Å². The van der Waals surface area contributed by atoms with Gasteiger partial charge in [-0.25, -0.2) is 17.2 Å². The molecule has 9 heteroatoms. The summed E-state index contributed by atoms with van der Waals surface area (Å²) in [6.45, 7) is 0.182. The van der Waals surface area contributed by atoms with Gasteiger partial charge >= 0.3 is 0 Å². The maximum atomic E-state index is 12.8. The van der Waals surface area contributed by atoms with Crippen molar-refractivity contribution in [3.05, 3.63) is 65.7 Å². The summed E-state index contributed by atoms with van der Waals surface area (Å²) in [6.07, 6.45) is 0.414. The molecule has 0 heterocycles. The Bertz CT molecular complexity index is 898. The minimum atomic E-state index is -3.96. The van der Waals surface area contributed by atoms with E-state index in [0.29, 0.717) is 6.42 Å². The third-order valence-corrected chi connectivity index (χ3v) is 4.88. The van der Waals surface area contributed by atoms with E-state index in [-0.39, 0.29) is 18.0 Å². The molecule has 144 valence electrons. The largest absolute Gasteiger partial charge is 0.355 e. The summed E-state index contributed by atoms with van der Waals surface area (Å²) in [5.74, 6) is -4.10. The Balaban J connectivity index is 1.76. The molecule has 0 bridgehead atoms. The fourth-order valence-corrected chi connectivity index (χ4v) is 3.30. The van der Waals surface area contributed by atoms with Gasteiger partial charge < -0.3 is 10.6 Å². The van der Waals surface area contributed by atoms with Gasteiger partial charge in [-0.1, -0.05) is 12.1 Å². The zero-order valence-corrected chi connectivity index (χ0v) is 15.1. The van der Waals surface area contributed by atoms with Crippen LogP contribution in [0.1, 0.15) is 5.56 Å². The van der Waals surface area contributed by atoms with Crippen LogP contribution in [0, 0.1) is 11.6 Å². The maximum Gasteiger partial charge on any atom is 0.239 e. The molecule has 0 aliphatic rings. The topological polar surface area (TPSA) is 92.3 Å². The number of benzene rings is 2. The Morgan fingerprint density at radius 1 is 0.815 bits per heavy atom. The van der Waals surface area contributed by atoms with Gasteiger partial charge in [0.15, 0.2) is 9.84 Å². The van der Waals surface area contributed by atoms with E-state index < -0.39 is 39.0 Å². The number of amides is 2. The second-order valence-electron chi connectivity index (χ2n) is 5.81. The molecule has 0 atom stereocenters. The summed E-state index contributed by atoms with van der Waals surface area (Å²) in [5, 5.41) is 4.77. The van der Waals surface area contributed by atoms with Gasteiger partial charge in [0.25, 0.3) is 0 Å². The predicted octanol–water partition coefficient (Wildman–Crippen LogP) is 1.68. The summed E-state index contributed by atoms with van der Waals surface area (Å²) in [6, 6.07) is 10.6. The third-order valence-electron chi connectivity index (χ3n) is 3.48. The van der Waals surface area contributed by atoms with E-state index in [9.17, 15) is 26.8 Å². The summed E-state index contributed by atoms with van der Waals surface area (Å²) in [7, 11) is -3.96. The number of anilines is 1. The smallest absolute Gasteiger partial charge is 0.239 e. The molecule has 0 fully saturated rings. The highest BCUT2D eigenvalue weighted by molar-refractivity contribution is 7.92. The molecule has 2 aromatic rings. The fourth-order valence-electron chi connectivity index (χ4n) is 2.23. The Kier molecular flexibility index (Phi) is 7.00. The summed E-state index contributed by atoms with van der Waals surface area (Å²) >= 11 is 0. The number of halogens is 2.